The summed E-state index contributed by atoms with van der Waals surface area (Å²) in [6.45, 7) is 7.60. The Morgan fingerprint density at radius 3 is 1.81 bits per heavy atom. The Morgan fingerprint density at radius 2 is 1.48 bits per heavy atom. The highest BCUT2D eigenvalue weighted by Gasteiger charge is 2.93. The number of halogens is 2. The summed E-state index contributed by atoms with van der Waals surface area (Å²) in [6.07, 6.45) is 0.351. The number of hydrogen-bond donors (Lipinski definition) is 2. The fraction of sp³-hybridized carbons (Fsp3) is 1.00. The number of piperidine rings is 1. The Bertz CT molecular complexity index is 583. The smallest absolute Gasteiger partial charge is 0.247 e. The average molecular weight is 431 g/mol. The minimum absolute atomic E-state index is 0.121. The summed E-state index contributed by atoms with van der Waals surface area (Å²) < 4.78 is 62.4. The molecule has 1 heterocycles. The van der Waals surface area contributed by atoms with Crippen LogP contribution in [-0.4, -0.2) is 40.1 Å². The minimum Gasteiger partial charge on any atom is -0.247 e. The molecular formula is C16H29F2NO6P2+2. The highest BCUT2D eigenvalue weighted by atomic mass is 31.1. The van der Waals surface area contributed by atoms with E-state index in [1.165, 1.54) is 4.90 Å². The maximum Gasteiger partial charge on any atom is 0.699 e. The van der Waals surface area contributed by atoms with Gasteiger partial charge in [-0.3, -0.25) is 0 Å². The predicted octanol–water partition coefficient (Wildman–Crippen LogP) is 4.56. The van der Waals surface area contributed by atoms with Crippen molar-refractivity contribution < 1.29 is 36.7 Å². The summed E-state index contributed by atoms with van der Waals surface area (Å²) in [6, 6.07) is 0. The largest absolute Gasteiger partial charge is 0.699 e. The monoisotopic (exact) mass is 431 g/mol. The van der Waals surface area contributed by atoms with Crippen molar-refractivity contribution in [2.45, 2.75) is 72.1 Å². The van der Waals surface area contributed by atoms with Crippen LogP contribution < -0.4 is 0 Å². The van der Waals surface area contributed by atoms with E-state index in [2.05, 4.69) is 0 Å². The first-order chi connectivity index (χ1) is 12.5. The van der Waals surface area contributed by atoms with Crippen molar-refractivity contribution in [2.24, 2.45) is 16.2 Å². The second kappa shape index (κ2) is 7.94. The van der Waals surface area contributed by atoms with E-state index in [9.17, 15) is 9.13 Å². The normalized spacial score (nSPS) is 30.8. The highest BCUT2D eigenvalue weighted by molar-refractivity contribution is 7.32. The lowest BCUT2D eigenvalue weighted by Gasteiger charge is -2.50. The van der Waals surface area contributed by atoms with Crippen LogP contribution in [0.4, 0.5) is 8.78 Å². The zero-order valence-corrected chi connectivity index (χ0v) is 17.9. The first-order valence-corrected chi connectivity index (χ1v) is 11.6. The third kappa shape index (κ3) is 3.10. The highest BCUT2D eigenvalue weighted by Crippen LogP contribution is 2.87. The molecule has 2 rings (SSSR count). The van der Waals surface area contributed by atoms with Gasteiger partial charge in [-0.15, -0.1) is 9.79 Å². The molecule has 1 spiro atoms. The Morgan fingerprint density at radius 1 is 1.00 bits per heavy atom. The third-order valence-electron chi connectivity index (χ3n) is 7.30. The Hall–Kier alpha value is -0.140. The molecule has 3 unspecified atom stereocenters. The molecule has 0 aromatic heterocycles. The molecule has 0 aromatic rings. The molecule has 1 aliphatic carbocycles. The van der Waals surface area contributed by atoms with Gasteiger partial charge in [0.1, 0.15) is 0 Å². The van der Waals surface area contributed by atoms with Gasteiger partial charge in [0.2, 0.25) is 0 Å². The molecule has 0 bridgehead atoms. The fourth-order valence-electron chi connectivity index (χ4n) is 5.95. The third-order valence-corrected chi connectivity index (χ3v) is 8.02. The van der Waals surface area contributed by atoms with Gasteiger partial charge in [0.15, 0.2) is 0 Å². The van der Waals surface area contributed by atoms with Crippen molar-refractivity contribution in [2.75, 3.05) is 13.1 Å². The van der Waals surface area contributed by atoms with Crippen molar-refractivity contribution in [3.63, 3.8) is 0 Å². The van der Waals surface area contributed by atoms with E-state index in [1.54, 1.807) is 13.8 Å². The Labute approximate surface area is 160 Å². The maximum absolute atomic E-state index is 15.4. The Balaban J connectivity index is 2.42. The molecule has 2 N–H and O–H groups in total. The van der Waals surface area contributed by atoms with Crippen LogP contribution in [0.25, 0.3) is 0 Å². The second-order valence-electron chi connectivity index (χ2n) is 7.47. The number of hydrogen-bond acceptors (Lipinski definition) is 5. The van der Waals surface area contributed by atoms with Crippen molar-refractivity contribution in [3.05, 3.63) is 0 Å². The predicted molar refractivity (Wildman–Crippen MR) is 95.2 cm³/mol. The molecule has 1 aliphatic heterocycles. The molecule has 3 atom stereocenters. The van der Waals surface area contributed by atoms with E-state index in [0.29, 0.717) is 25.7 Å². The SMILES string of the molecule is CCC1(CC)CN(C(O[P+](=O)O)O[P+](=O)O)CCC12C(F)(F)C2(CC)CC. The van der Waals surface area contributed by atoms with Crippen LogP contribution >= 0.6 is 16.5 Å². The molecule has 0 amide bonds. The summed E-state index contributed by atoms with van der Waals surface area (Å²) in [7, 11) is -6.18. The van der Waals surface area contributed by atoms with E-state index in [0.717, 1.165) is 0 Å². The van der Waals surface area contributed by atoms with Crippen molar-refractivity contribution in [3.8, 4) is 0 Å². The molecule has 0 aromatic carbocycles. The second-order valence-corrected chi connectivity index (χ2v) is 8.84. The molecule has 1 saturated heterocycles. The number of rotatable bonds is 9. The molecule has 156 valence electrons. The van der Waals surface area contributed by atoms with Gasteiger partial charge in [-0.25, -0.2) is 13.7 Å². The van der Waals surface area contributed by atoms with Crippen molar-refractivity contribution >= 4 is 16.5 Å². The van der Waals surface area contributed by atoms with Crippen LogP contribution in [0.3, 0.4) is 0 Å². The van der Waals surface area contributed by atoms with E-state index in [1.807, 2.05) is 13.8 Å². The summed E-state index contributed by atoms with van der Waals surface area (Å²) in [5.41, 5.74) is -3.00. The van der Waals surface area contributed by atoms with Crippen LogP contribution in [0, 0.1) is 16.2 Å². The molecule has 1 saturated carbocycles. The number of likely N-dealkylation sites (tertiary alicyclic amines) is 1. The van der Waals surface area contributed by atoms with Crippen LogP contribution in [0.2, 0.25) is 0 Å². The van der Waals surface area contributed by atoms with Crippen LogP contribution in [0.5, 0.6) is 0 Å². The summed E-state index contributed by atoms with van der Waals surface area (Å²) >= 11 is 0. The maximum atomic E-state index is 15.4. The van der Waals surface area contributed by atoms with Gasteiger partial charge in [-0.05, 0) is 37.5 Å². The molecule has 2 aliphatic rings. The van der Waals surface area contributed by atoms with Gasteiger partial charge in [-0.2, -0.15) is 0 Å². The standard InChI is InChI=1S/C16H27F2NO6P2/c1-5-13(6-2)11-19(12(24-26(20)21)25-27(22)23)10-9-15(13)14(7-3,8-4)16(15,17)18/h12H,5-11H2,1-4H3/p+2. The van der Waals surface area contributed by atoms with Gasteiger partial charge in [0, 0.05) is 27.6 Å². The van der Waals surface area contributed by atoms with Crippen LogP contribution in [0.1, 0.15) is 59.8 Å². The zero-order valence-electron chi connectivity index (χ0n) is 16.2. The lowest BCUT2D eigenvalue weighted by Crippen LogP contribution is -2.56. The van der Waals surface area contributed by atoms with Crippen molar-refractivity contribution in [1.82, 2.24) is 4.90 Å². The van der Waals surface area contributed by atoms with E-state index < -0.39 is 45.1 Å². The van der Waals surface area contributed by atoms with E-state index in [4.69, 9.17) is 18.8 Å². The first-order valence-electron chi connectivity index (χ1n) is 9.32. The first kappa shape index (κ1) is 23.1. The quantitative estimate of drug-likeness (QED) is 0.408. The fourth-order valence-corrected chi connectivity index (χ4v) is 6.68. The molecule has 11 heteroatoms. The van der Waals surface area contributed by atoms with Crippen LogP contribution in [0.15, 0.2) is 0 Å². The van der Waals surface area contributed by atoms with Gasteiger partial charge >= 0.3 is 22.9 Å². The average Bonchev–Trinajstić information content (AvgIpc) is 3.04. The molecular weight excluding hydrogens is 402 g/mol. The van der Waals surface area contributed by atoms with Gasteiger partial charge in [0.25, 0.3) is 5.92 Å². The van der Waals surface area contributed by atoms with Gasteiger partial charge in [0.05, 0.1) is 5.41 Å². The van der Waals surface area contributed by atoms with Crippen molar-refractivity contribution in [1.29, 1.82) is 0 Å². The zero-order chi connectivity index (χ0) is 20.7. The van der Waals surface area contributed by atoms with E-state index >= 15 is 8.78 Å². The topological polar surface area (TPSA) is 96.3 Å². The summed E-state index contributed by atoms with van der Waals surface area (Å²) in [5.74, 6) is -2.80. The molecule has 2 fully saturated rings. The lowest BCUT2D eigenvalue weighted by atomic mass is 9.60. The lowest BCUT2D eigenvalue weighted by molar-refractivity contribution is -0.171. The van der Waals surface area contributed by atoms with Crippen LogP contribution in [-0.2, 0) is 18.2 Å². The van der Waals surface area contributed by atoms with E-state index in [-0.39, 0.29) is 19.5 Å². The summed E-state index contributed by atoms with van der Waals surface area (Å²) in [5, 5.41) is 0. The number of nitrogens with zero attached hydrogens (tertiary/aromatic N) is 1. The summed E-state index contributed by atoms with van der Waals surface area (Å²) in [4.78, 5) is 19.6. The van der Waals surface area contributed by atoms with Gasteiger partial charge in [-0.1, -0.05) is 36.7 Å². The Kier molecular flexibility index (Phi) is 6.81. The van der Waals surface area contributed by atoms with Gasteiger partial charge < -0.3 is 0 Å². The minimum atomic E-state index is -3.09. The molecule has 27 heavy (non-hydrogen) atoms. The molecule has 7 nitrogen and oxygen atoms in total. The molecule has 0 radical (unpaired) electrons. The number of alkyl halides is 2.